The van der Waals surface area contributed by atoms with Gasteiger partial charge in [0.15, 0.2) is 0 Å². The van der Waals surface area contributed by atoms with Crippen molar-refractivity contribution >= 4 is 20.4 Å². The molecule has 0 aliphatic rings. The van der Waals surface area contributed by atoms with Crippen LogP contribution in [-0.2, 0) is 14.3 Å². The maximum Gasteiger partial charge on any atom is 0.145 e. The minimum atomic E-state index is 0.158. The summed E-state index contributed by atoms with van der Waals surface area (Å²) in [6.45, 7) is 4.81. The van der Waals surface area contributed by atoms with E-state index in [0.717, 1.165) is 27.6 Å². The molecule has 0 rings (SSSR count). The second kappa shape index (κ2) is 12.7. The average molecular weight is 219 g/mol. The Labute approximate surface area is 86.8 Å². The van der Waals surface area contributed by atoms with Crippen molar-refractivity contribution in [2.24, 2.45) is 0 Å². The van der Waals surface area contributed by atoms with Gasteiger partial charge in [0.1, 0.15) is 12.9 Å². The molecular formula is C9H18NO3P. The molecule has 0 atom stereocenters. The maximum absolute atomic E-state index is 9.86. The minimum Gasteiger partial charge on any atom is -0.378 e. The Morgan fingerprint density at radius 2 is 2.07 bits per heavy atom. The third-order valence-electron chi connectivity index (χ3n) is 1.28. The summed E-state index contributed by atoms with van der Waals surface area (Å²) in [5.74, 6) is 2.15. The first-order valence-corrected chi connectivity index (χ1v) is 5.71. The van der Waals surface area contributed by atoms with Gasteiger partial charge in [-0.25, -0.2) is 0 Å². The topological polar surface area (TPSA) is 47.6 Å². The Bertz CT molecular complexity index is 153. The fourth-order valence-corrected chi connectivity index (χ4v) is 1.22. The molecule has 0 saturated carbocycles. The monoisotopic (exact) mass is 219 g/mol. The fourth-order valence-electron chi connectivity index (χ4n) is 0.690. The molecule has 14 heavy (non-hydrogen) atoms. The Morgan fingerprint density at radius 3 is 2.79 bits per heavy atom. The summed E-state index contributed by atoms with van der Waals surface area (Å²) < 4.78 is 10.1. The molecule has 0 bridgehead atoms. The molecule has 0 aromatic carbocycles. The van der Waals surface area contributed by atoms with E-state index in [1.807, 2.05) is 0 Å². The third kappa shape index (κ3) is 11.7. The van der Waals surface area contributed by atoms with Gasteiger partial charge in [0.25, 0.3) is 0 Å². The number of aldehydes is 1. The van der Waals surface area contributed by atoms with Crippen LogP contribution in [0.2, 0.25) is 0 Å². The largest absolute Gasteiger partial charge is 0.378 e. The fraction of sp³-hybridized carbons (Fsp3) is 0.778. The van der Waals surface area contributed by atoms with Gasteiger partial charge in [0, 0.05) is 6.54 Å². The first kappa shape index (κ1) is 13.7. The van der Waals surface area contributed by atoms with Crippen LogP contribution in [0.1, 0.15) is 13.3 Å². The smallest absolute Gasteiger partial charge is 0.145 e. The van der Waals surface area contributed by atoms with Gasteiger partial charge in [-0.2, -0.15) is 0 Å². The summed E-state index contributed by atoms with van der Waals surface area (Å²) in [4.78, 5) is 9.86. The quantitative estimate of drug-likeness (QED) is 0.336. The van der Waals surface area contributed by atoms with Gasteiger partial charge < -0.3 is 14.3 Å². The standard InChI is InChI=1S/C9H18NO3P/c1-2-9-14-10-3-5-12-7-8-13-6-4-11/h4,9-10H,2-3,5-8H2,1H3. The molecule has 0 fully saturated rings. The molecule has 0 aromatic rings. The minimum absolute atomic E-state index is 0.158. The summed E-state index contributed by atoms with van der Waals surface area (Å²) in [6.07, 6.45) is 1.82. The molecular weight excluding hydrogens is 201 g/mol. The Balaban J connectivity index is 2.91. The SMILES string of the molecule is CCC=PNCCOCCOCC=O. The van der Waals surface area contributed by atoms with E-state index in [4.69, 9.17) is 9.47 Å². The predicted octanol–water partition coefficient (Wildman–Crippen LogP) is 0.881. The molecule has 0 spiro atoms. The van der Waals surface area contributed by atoms with E-state index in [9.17, 15) is 4.79 Å². The van der Waals surface area contributed by atoms with Crippen LogP contribution < -0.4 is 5.09 Å². The highest BCUT2D eigenvalue weighted by molar-refractivity contribution is 7.36. The van der Waals surface area contributed by atoms with Gasteiger partial charge >= 0.3 is 0 Å². The summed E-state index contributed by atoms with van der Waals surface area (Å²) in [6, 6.07) is 0. The Kier molecular flexibility index (Phi) is 12.5. The van der Waals surface area contributed by atoms with Crippen molar-refractivity contribution in [2.75, 3.05) is 33.0 Å². The molecule has 0 amide bonds. The van der Waals surface area contributed by atoms with Crippen LogP contribution in [0.4, 0.5) is 0 Å². The van der Waals surface area contributed by atoms with E-state index in [-0.39, 0.29) is 6.61 Å². The molecule has 4 nitrogen and oxygen atoms in total. The van der Waals surface area contributed by atoms with Crippen molar-refractivity contribution in [1.29, 1.82) is 0 Å². The number of hydrogen-bond donors (Lipinski definition) is 1. The average Bonchev–Trinajstić information content (AvgIpc) is 2.21. The van der Waals surface area contributed by atoms with Gasteiger partial charge in [0.05, 0.1) is 19.8 Å². The van der Waals surface area contributed by atoms with Crippen molar-refractivity contribution in [3.8, 4) is 0 Å². The van der Waals surface area contributed by atoms with Crippen LogP contribution in [0.25, 0.3) is 0 Å². The molecule has 0 radical (unpaired) electrons. The first-order chi connectivity index (χ1) is 6.91. The van der Waals surface area contributed by atoms with Gasteiger partial charge in [0.2, 0.25) is 0 Å². The highest BCUT2D eigenvalue weighted by Crippen LogP contribution is 1.86. The van der Waals surface area contributed by atoms with Crippen LogP contribution in [0, 0.1) is 0 Å². The third-order valence-corrected chi connectivity index (χ3v) is 2.24. The second-order valence-electron chi connectivity index (χ2n) is 2.48. The zero-order chi connectivity index (χ0) is 10.5. The van der Waals surface area contributed by atoms with E-state index in [2.05, 4.69) is 17.8 Å². The van der Waals surface area contributed by atoms with Crippen molar-refractivity contribution in [2.45, 2.75) is 13.3 Å². The second-order valence-corrected chi connectivity index (χ2v) is 3.42. The molecule has 0 aliphatic heterocycles. The molecule has 0 unspecified atom stereocenters. The van der Waals surface area contributed by atoms with Gasteiger partial charge in [-0.05, 0) is 20.6 Å². The lowest BCUT2D eigenvalue weighted by Gasteiger charge is -2.02. The van der Waals surface area contributed by atoms with Crippen molar-refractivity contribution in [3.63, 3.8) is 0 Å². The molecule has 0 aromatic heterocycles. The summed E-state index contributed by atoms with van der Waals surface area (Å²) in [5, 5.41) is 3.18. The van der Waals surface area contributed by atoms with Crippen LogP contribution >= 0.6 is 8.35 Å². The van der Waals surface area contributed by atoms with Crippen molar-refractivity contribution < 1.29 is 14.3 Å². The van der Waals surface area contributed by atoms with Crippen molar-refractivity contribution in [3.05, 3.63) is 0 Å². The van der Waals surface area contributed by atoms with Crippen LogP contribution in [-0.4, -0.2) is 45.1 Å². The molecule has 0 heterocycles. The van der Waals surface area contributed by atoms with Crippen LogP contribution in [0.3, 0.4) is 0 Å². The van der Waals surface area contributed by atoms with Crippen LogP contribution in [0.5, 0.6) is 0 Å². The number of nitrogens with one attached hydrogen (secondary N) is 1. The van der Waals surface area contributed by atoms with E-state index in [1.54, 1.807) is 0 Å². The summed E-state index contributed by atoms with van der Waals surface area (Å²) in [7, 11) is 1.15. The summed E-state index contributed by atoms with van der Waals surface area (Å²) in [5.41, 5.74) is 0. The van der Waals surface area contributed by atoms with Crippen LogP contribution in [0.15, 0.2) is 0 Å². The maximum atomic E-state index is 9.86. The molecule has 0 saturated heterocycles. The zero-order valence-electron chi connectivity index (χ0n) is 8.57. The highest BCUT2D eigenvalue weighted by atomic mass is 31.1. The highest BCUT2D eigenvalue weighted by Gasteiger charge is 1.88. The van der Waals surface area contributed by atoms with Gasteiger partial charge in [-0.15, -0.1) is 0 Å². The number of rotatable bonds is 10. The lowest BCUT2D eigenvalue weighted by atomic mass is 10.6. The number of carbonyl (C=O) groups is 1. The normalized spacial score (nSPS) is 10.9. The Hall–Kier alpha value is -0.280. The van der Waals surface area contributed by atoms with Gasteiger partial charge in [-0.3, -0.25) is 5.09 Å². The Morgan fingerprint density at radius 1 is 1.29 bits per heavy atom. The van der Waals surface area contributed by atoms with Crippen molar-refractivity contribution in [1.82, 2.24) is 5.09 Å². The molecule has 82 valence electrons. The lowest BCUT2D eigenvalue weighted by Crippen LogP contribution is -2.13. The number of hydrogen-bond acceptors (Lipinski definition) is 4. The summed E-state index contributed by atoms with van der Waals surface area (Å²) >= 11 is 0. The predicted molar refractivity (Wildman–Crippen MR) is 59.0 cm³/mol. The van der Waals surface area contributed by atoms with Gasteiger partial charge in [-0.1, -0.05) is 6.92 Å². The number of ether oxygens (including phenoxy) is 2. The lowest BCUT2D eigenvalue weighted by molar-refractivity contribution is -0.112. The van der Waals surface area contributed by atoms with E-state index in [0.29, 0.717) is 19.8 Å². The zero-order valence-corrected chi connectivity index (χ0v) is 9.46. The molecule has 5 heteroatoms. The number of carbonyl (C=O) groups excluding carboxylic acids is 1. The van der Waals surface area contributed by atoms with E-state index >= 15 is 0 Å². The van der Waals surface area contributed by atoms with E-state index < -0.39 is 0 Å². The van der Waals surface area contributed by atoms with E-state index in [1.165, 1.54) is 0 Å². The molecule has 1 N–H and O–H groups in total. The first-order valence-electron chi connectivity index (χ1n) is 4.75. The molecule has 0 aliphatic carbocycles.